The highest BCUT2D eigenvalue weighted by Crippen LogP contribution is 2.22. The third-order valence-corrected chi connectivity index (χ3v) is 2.34. The number of carbonyl (C=O) groups is 1. The van der Waals surface area contributed by atoms with Crippen LogP contribution in [0.2, 0.25) is 5.02 Å². The van der Waals surface area contributed by atoms with Crippen LogP contribution in [-0.4, -0.2) is 30.9 Å². The number of hydrogen-bond acceptors (Lipinski definition) is 3. The first kappa shape index (κ1) is 14.8. The van der Waals surface area contributed by atoms with Crippen LogP contribution in [0.5, 0.6) is 5.75 Å². The van der Waals surface area contributed by atoms with Gasteiger partial charge in [-0.1, -0.05) is 25.4 Å². The van der Waals surface area contributed by atoms with Crippen LogP contribution >= 0.6 is 11.6 Å². The summed E-state index contributed by atoms with van der Waals surface area (Å²) in [5.74, 6) is -0.286. The van der Waals surface area contributed by atoms with E-state index >= 15 is 0 Å². The highest BCUT2D eigenvalue weighted by atomic mass is 35.5. The third kappa shape index (κ3) is 4.94. The number of ether oxygens (including phenoxy) is 2. The fourth-order valence-electron chi connectivity index (χ4n) is 1.32. The van der Waals surface area contributed by atoms with E-state index in [2.05, 4.69) is 13.8 Å². The van der Waals surface area contributed by atoms with Gasteiger partial charge in [-0.15, -0.1) is 0 Å². The Balaban J connectivity index is 2.49. The highest BCUT2D eigenvalue weighted by molar-refractivity contribution is 6.31. The van der Waals surface area contributed by atoms with Crippen molar-refractivity contribution in [3.05, 3.63) is 28.8 Å². The van der Waals surface area contributed by atoms with Gasteiger partial charge in [0.25, 0.3) is 0 Å². The minimum atomic E-state index is -1.06. The van der Waals surface area contributed by atoms with Crippen LogP contribution < -0.4 is 4.74 Å². The molecule has 0 atom stereocenters. The molecule has 1 aromatic rings. The second-order valence-electron chi connectivity index (χ2n) is 4.26. The number of carboxylic acids is 1. The summed E-state index contributed by atoms with van der Waals surface area (Å²) in [6.07, 6.45) is 0. The van der Waals surface area contributed by atoms with Crippen LogP contribution in [0.1, 0.15) is 24.2 Å². The van der Waals surface area contributed by atoms with E-state index in [1.54, 1.807) is 12.1 Å². The molecule has 18 heavy (non-hydrogen) atoms. The lowest BCUT2D eigenvalue weighted by molar-refractivity contribution is 0.0677. The van der Waals surface area contributed by atoms with Gasteiger partial charge in [-0.05, 0) is 24.1 Å². The molecule has 5 heteroatoms. The number of aromatic carboxylic acids is 1. The Bertz CT molecular complexity index is 404. The fraction of sp³-hybridized carbons (Fsp3) is 0.462. The number of benzene rings is 1. The Labute approximate surface area is 111 Å². The van der Waals surface area contributed by atoms with Crippen molar-refractivity contribution in [1.29, 1.82) is 0 Å². The van der Waals surface area contributed by atoms with Crippen LogP contribution in [-0.2, 0) is 4.74 Å². The molecule has 0 heterocycles. The summed E-state index contributed by atoms with van der Waals surface area (Å²) in [6, 6.07) is 4.51. The molecule has 0 aromatic heterocycles. The standard InChI is InChI=1S/C13H17ClO4/c1-9(2)8-17-5-6-18-12-4-3-10(14)7-11(12)13(15)16/h3-4,7,9H,5-6,8H2,1-2H3,(H,15,16). The predicted molar refractivity (Wildman–Crippen MR) is 69.6 cm³/mol. The zero-order chi connectivity index (χ0) is 13.5. The molecule has 0 fully saturated rings. The molecule has 0 spiro atoms. The molecule has 0 aliphatic heterocycles. The Morgan fingerprint density at radius 1 is 1.39 bits per heavy atom. The van der Waals surface area contributed by atoms with Crippen molar-refractivity contribution in [2.75, 3.05) is 19.8 Å². The van der Waals surface area contributed by atoms with E-state index in [0.717, 1.165) is 0 Å². The van der Waals surface area contributed by atoms with Gasteiger partial charge in [-0.3, -0.25) is 0 Å². The SMILES string of the molecule is CC(C)COCCOc1ccc(Cl)cc1C(=O)O. The Morgan fingerprint density at radius 3 is 2.72 bits per heavy atom. The van der Waals surface area contributed by atoms with Crippen LogP contribution in [0.4, 0.5) is 0 Å². The van der Waals surface area contributed by atoms with Crippen LogP contribution in [0.3, 0.4) is 0 Å². The third-order valence-electron chi connectivity index (χ3n) is 2.11. The highest BCUT2D eigenvalue weighted by Gasteiger charge is 2.11. The molecular weight excluding hydrogens is 256 g/mol. The molecule has 0 aliphatic carbocycles. The predicted octanol–water partition coefficient (Wildman–Crippen LogP) is 3.09. The molecule has 0 unspecified atom stereocenters. The zero-order valence-corrected chi connectivity index (χ0v) is 11.2. The summed E-state index contributed by atoms with van der Waals surface area (Å²) in [5.41, 5.74) is 0.0614. The minimum absolute atomic E-state index is 0.0614. The van der Waals surface area contributed by atoms with Gasteiger partial charge in [0.1, 0.15) is 17.9 Å². The van der Waals surface area contributed by atoms with Crippen molar-refractivity contribution < 1.29 is 19.4 Å². The molecule has 0 saturated carbocycles. The van der Waals surface area contributed by atoms with Gasteiger partial charge in [0.05, 0.1) is 6.61 Å². The quantitative estimate of drug-likeness (QED) is 0.775. The summed E-state index contributed by atoms with van der Waals surface area (Å²) in [4.78, 5) is 11.0. The first-order valence-electron chi connectivity index (χ1n) is 5.74. The zero-order valence-electron chi connectivity index (χ0n) is 10.5. The van der Waals surface area contributed by atoms with E-state index in [9.17, 15) is 4.79 Å². The smallest absolute Gasteiger partial charge is 0.339 e. The van der Waals surface area contributed by atoms with E-state index in [-0.39, 0.29) is 5.56 Å². The second kappa shape index (κ2) is 7.24. The maximum absolute atomic E-state index is 11.0. The molecule has 0 bridgehead atoms. The van der Waals surface area contributed by atoms with Gasteiger partial charge in [-0.2, -0.15) is 0 Å². The number of hydrogen-bond donors (Lipinski definition) is 1. The normalized spacial score (nSPS) is 10.7. The first-order chi connectivity index (χ1) is 8.50. The van der Waals surface area contributed by atoms with Gasteiger partial charge in [-0.25, -0.2) is 4.79 Å². The van der Waals surface area contributed by atoms with Gasteiger partial charge in [0, 0.05) is 11.6 Å². The van der Waals surface area contributed by atoms with Gasteiger partial charge in [0.15, 0.2) is 0 Å². The lowest BCUT2D eigenvalue weighted by atomic mass is 10.2. The average Bonchev–Trinajstić information content (AvgIpc) is 2.29. The molecule has 0 amide bonds. The summed E-state index contributed by atoms with van der Waals surface area (Å²) < 4.78 is 10.7. The summed E-state index contributed by atoms with van der Waals surface area (Å²) in [6.45, 7) is 5.52. The monoisotopic (exact) mass is 272 g/mol. The van der Waals surface area contributed by atoms with Crippen LogP contribution in [0.15, 0.2) is 18.2 Å². The van der Waals surface area contributed by atoms with E-state index in [1.165, 1.54) is 6.07 Å². The topological polar surface area (TPSA) is 55.8 Å². The summed E-state index contributed by atoms with van der Waals surface area (Å²) in [5, 5.41) is 9.37. The van der Waals surface area contributed by atoms with Crippen molar-refractivity contribution in [3.8, 4) is 5.75 Å². The van der Waals surface area contributed by atoms with E-state index in [1.807, 2.05) is 0 Å². The van der Waals surface area contributed by atoms with Crippen molar-refractivity contribution in [1.82, 2.24) is 0 Å². The average molecular weight is 273 g/mol. The molecule has 4 nitrogen and oxygen atoms in total. The number of rotatable bonds is 7. The number of halogens is 1. The van der Waals surface area contributed by atoms with Crippen molar-refractivity contribution >= 4 is 17.6 Å². The van der Waals surface area contributed by atoms with Gasteiger partial charge in [0.2, 0.25) is 0 Å². The second-order valence-corrected chi connectivity index (χ2v) is 4.70. The fourth-order valence-corrected chi connectivity index (χ4v) is 1.50. The molecule has 1 N–H and O–H groups in total. The number of carboxylic acid groups (broad SMARTS) is 1. The van der Waals surface area contributed by atoms with Gasteiger partial charge >= 0.3 is 5.97 Å². The van der Waals surface area contributed by atoms with E-state index in [0.29, 0.717) is 36.5 Å². The largest absolute Gasteiger partial charge is 0.490 e. The lowest BCUT2D eigenvalue weighted by Crippen LogP contribution is -2.11. The molecule has 1 aromatic carbocycles. The van der Waals surface area contributed by atoms with Crippen LogP contribution in [0, 0.1) is 5.92 Å². The van der Waals surface area contributed by atoms with Crippen molar-refractivity contribution in [2.45, 2.75) is 13.8 Å². The molecular formula is C13H17ClO4. The van der Waals surface area contributed by atoms with Crippen molar-refractivity contribution in [3.63, 3.8) is 0 Å². The van der Waals surface area contributed by atoms with Crippen molar-refractivity contribution in [2.24, 2.45) is 5.92 Å². The Morgan fingerprint density at radius 2 is 2.11 bits per heavy atom. The lowest BCUT2D eigenvalue weighted by Gasteiger charge is -2.10. The van der Waals surface area contributed by atoms with E-state index < -0.39 is 5.97 Å². The van der Waals surface area contributed by atoms with E-state index in [4.69, 9.17) is 26.2 Å². The molecule has 1 rings (SSSR count). The maximum atomic E-state index is 11.0. The first-order valence-corrected chi connectivity index (χ1v) is 6.12. The molecule has 0 radical (unpaired) electrons. The molecule has 100 valence electrons. The molecule has 0 saturated heterocycles. The summed E-state index contributed by atoms with van der Waals surface area (Å²) in [7, 11) is 0. The minimum Gasteiger partial charge on any atom is -0.490 e. The van der Waals surface area contributed by atoms with Gasteiger partial charge < -0.3 is 14.6 Å². The Hall–Kier alpha value is -1.26. The van der Waals surface area contributed by atoms with Crippen LogP contribution in [0.25, 0.3) is 0 Å². The molecule has 0 aliphatic rings. The summed E-state index contributed by atoms with van der Waals surface area (Å²) >= 11 is 5.74. The maximum Gasteiger partial charge on any atom is 0.339 e. The Kier molecular flexibility index (Phi) is 5.95.